The van der Waals surface area contributed by atoms with Crippen molar-refractivity contribution in [1.82, 2.24) is 15.0 Å². The SMILES string of the molecule is CNc1nc(N)c2cc(N3CCCC3)ncc2n1. The molecule has 0 bridgehead atoms. The van der Waals surface area contributed by atoms with E-state index < -0.39 is 0 Å². The van der Waals surface area contributed by atoms with E-state index in [0.717, 1.165) is 29.8 Å². The Labute approximate surface area is 105 Å². The van der Waals surface area contributed by atoms with Crippen LogP contribution in [0.3, 0.4) is 0 Å². The van der Waals surface area contributed by atoms with E-state index in [2.05, 4.69) is 25.2 Å². The van der Waals surface area contributed by atoms with Crippen LogP contribution in [0.1, 0.15) is 12.8 Å². The highest BCUT2D eigenvalue weighted by molar-refractivity contribution is 5.90. The normalized spacial score (nSPS) is 15.3. The van der Waals surface area contributed by atoms with Crippen molar-refractivity contribution in [2.24, 2.45) is 0 Å². The fraction of sp³-hybridized carbons (Fsp3) is 0.417. The smallest absolute Gasteiger partial charge is 0.225 e. The van der Waals surface area contributed by atoms with Gasteiger partial charge >= 0.3 is 0 Å². The van der Waals surface area contributed by atoms with Gasteiger partial charge < -0.3 is 16.0 Å². The largest absolute Gasteiger partial charge is 0.383 e. The van der Waals surface area contributed by atoms with E-state index in [-0.39, 0.29) is 0 Å². The van der Waals surface area contributed by atoms with Crippen molar-refractivity contribution in [3.05, 3.63) is 12.3 Å². The monoisotopic (exact) mass is 244 g/mol. The first kappa shape index (κ1) is 11.0. The lowest BCUT2D eigenvalue weighted by Gasteiger charge is -2.16. The second kappa shape index (κ2) is 4.29. The summed E-state index contributed by atoms with van der Waals surface area (Å²) in [5.41, 5.74) is 6.74. The van der Waals surface area contributed by atoms with Crippen LogP contribution in [0.4, 0.5) is 17.6 Å². The molecule has 0 radical (unpaired) electrons. The molecule has 0 unspecified atom stereocenters. The van der Waals surface area contributed by atoms with E-state index in [4.69, 9.17) is 5.73 Å². The minimum absolute atomic E-state index is 0.493. The van der Waals surface area contributed by atoms with Gasteiger partial charge in [0.1, 0.15) is 11.6 Å². The number of rotatable bonds is 2. The molecule has 0 aliphatic carbocycles. The predicted octanol–water partition coefficient (Wildman–Crippen LogP) is 1.25. The van der Waals surface area contributed by atoms with Crippen molar-refractivity contribution >= 4 is 28.5 Å². The third kappa shape index (κ3) is 1.79. The molecule has 3 heterocycles. The lowest BCUT2D eigenvalue weighted by molar-refractivity contribution is 0.940. The number of nitrogens with zero attached hydrogens (tertiary/aromatic N) is 4. The predicted molar refractivity (Wildman–Crippen MR) is 72.7 cm³/mol. The number of hydrogen-bond acceptors (Lipinski definition) is 6. The summed E-state index contributed by atoms with van der Waals surface area (Å²) in [6.07, 6.45) is 4.22. The zero-order valence-electron chi connectivity index (χ0n) is 10.3. The van der Waals surface area contributed by atoms with Crippen LogP contribution in [0.5, 0.6) is 0 Å². The van der Waals surface area contributed by atoms with Gasteiger partial charge in [-0.25, -0.2) is 9.97 Å². The molecule has 1 aliphatic heterocycles. The summed E-state index contributed by atoms with van der Waals surface area (Å²) in [4.78, 5) is 15.3. The van der Waals surface area contributed by atoms with Crippen molar-refractivity contribution in [2.45, 2.75) is 12.8 Å². The fourth-order valence-electron chi connectivity index (χ4n) is 2.28. The standard InChI is InChI=1S/C12H16N6/c1-14-12-16-9-7-15-10(18-4-2-3-5-18)6-8(9)11(13)17-12/h6-7H,2-5H2,1H3,(H3,13,14,16,17). The topological polar surface area (TPSA) is 80.0 Å². The molecule has 0 atom stereocenters. The average molecular weight is 244 g/mol. The van der Waals surface area contributed by atoms with Crippen molar-refractivity contribution in [1.29, 1.82) is 0 Å². The molecule has 94 valence electrons. The van der Waals surface area contributed by atoms with E-state index in [9.17, 15) is 0 Å². The number of nitrogens with two attached hydrogens (primary N) is 1. The van der Waals surface area contributed by atoms with Gasteiger partial charge in [0.25, 0.3) is 0 Å². The van der Waals surface area contributed by atoms with Gasteiger partial charge in [0, 0.05) is 25.5 Å². The Hall–Kier alpha value is -2.11. The lowest BCUT2D eigenvalue weighted by atomic mass is 10.2. The van der Waals surface area contributed by atoms with Gasteiger partial charge in [0.2, 0.25) is 5.95 Å². The number of hydrogen-bond donors (Lipinski definition) is 2. The Morgan fingerprint density at radius 1 is 1.28 bits per heavy atom. The molecule has 3 rings (SSSR count). The number of nitrogen functional groups attached to an aromatic ring is 1. The van der Waals surface area contributed by atoms with Crippen LogP contribution in [-0.2, 0) is 0 Å². The van der Waals surface area contributed by atoms with Crippen LogP contribution in [0.25, 0.3) is 10.9 Å². The molecule has 1 fully saturated rings. The van der Waals surface area contributed by atoms with E-state index >= 15 is 0 Å². The minimum Gasteiger partial charge on any atom is -0.383 e. The molecule has 2 aromatic rings. The third-order valence-electron chi connectivity index (χ3n) is 3.25. The van der Waals surface area contributed by atoms with Gasteiger partial charge in [-0.2, -0.15) is 4.98 Å². The van der Waals surface area contributed by atoms with Gasteiger partial charge in [0.15, 0.2) is 0 Å². The van der Waals surface area contributed by atoms with Crippen molar-refractivity contribution in [2.75, 3.05) is 36.1 Å². The minimum atomic E-state index is 0.493. The molecule has 1 saturated heterocycles. The highest BCUT2D eigenvalue weighted by atomic mass is 15.2. The quantitative estimate of drug-likeness (QED) is 0.827. The van der Waals surface area contributed by atoms with Crippen molar-refractivity contribution in [3.63, 3.8) is 0 Å². The van der Waals surface area contributed by atoms with Crippen LogP contribution >= 0.6 is 0 Å². The van der Waals surface area contributed by atoms with E-state index in [0.29, 0.717) is 11.8 Å². The summed E-state index contributed by atoms with van der Waals surface area (Å²) < 4.78 is 0. The van der Waals surface area contributed by atoms with Gasteiger partial charge in [-0.3, -0.25) is 0 Å². The molecule has 6 heteroatoms. The molecule has 2 aromatic heterocycles. The Bertz CT molecular complexity index is 576. The molecule has 0 amide bonds. The summed E-state index contributed by atoms with van der Waals surface area (Å²) in [6.45, 7) is 2.13. The Morgan fingerprint density at radius 3 is 2.78 bits per heavy atom. The number of anilines is 3. The Morgan fingerprint density at radius 2 is 2.06 bits per heavy atom. The Kier molecular flexibility index (Phi) is 2.62. The summed E-state index contributed by atoms with van der Waals surface area (Å²) >= 11 is 0. The lowest BCUT2D eigenvalue weighted by Crippen LogP contribution is -2.18. The fourth-order valence-corrected chi connectivity index (χ4v) is 2.28. The number of fused-ring (bicyclic) bond motifs is 1. The number of aromatic nitrogens is 3. The number of pyridine rings is 1. The van der Waals surface area contributed by atoms with E-state index in [1.165, 1.54) is 12.8 Å². The highest BCUT2D eigenvalue weighted by Gasteiger charge is 2.15. The molecule has 6 nitrogen and oxygen atoms in total. The average Bonchev–Trinajstić information content (AvgIpc) is 2.92. The summed E-state index contributed by atoms with van der Waals surface area (Å²) in [7, 11) is 1.77. The first-order valence-corrected chi connectivity index (χ1v) is 6.14. The summed E-state index contributed by atoms with van der Waals surface area (Å²) in [5.74, 6) is 1.98. The molecular formula is C12H16N6. The highest BCUT2D eigenvalue weighted by Crippen LogP contribution is 2.25. The third-order valence-corrected chi connectivity index (χ3v) is 3.25. The molecule has 18 heavy (non-hydrogen) atoms. The molecule has 0 aromatic carbocycles. The van der Waals surface area contributed by atoms with Gasteiger partial charge in [-0.15, -0.1) is 0 Å². The van der Waals surface area contributed by atoms with E-state index in [1.807, 2.05) is 6.07 Å². The summed E-state index contributed by atoms with van der Waals surface area (Å²) in [6, 6.07) is 1.98. The zero-order valence-corrected chi connectivity index (χ0v) is 10.3. The van der Waals surface area contributed by atoms with Crippen LogP contribution in [0, 0.1) is 0 Å². The van der Waals surface area contributed by atoms with Crippen LogP contribution in [-0.4, -0.2) is 35.1 Å². The van der Waals surface area contributed by atoms with Crippen molar-refractivity contribution < 1.29 is 0 Å². The second-order valence-electron chi connectivity index (χ2n) is 4.44. The number of nitrogens with one attached hydrogen (secondary N) is 1. The maximum atomic E-state index is 5.96. The van der Waals surface area contributed by atoms with Crippen molar-refractivity contribution in [3.8, 4) is 0 Å². The first-order chi connectivity index (χ1) is 8.78. The van der Waals surface area contributed by atoms with Gasteiger partial charge in [-0.05, 0) is 18.9 Å². The zero-order chi connectivity index (χ0) is 12.5. The molecular weight excluding hydrogens is 228 g/mol. The Balaban J connectivity index is 2.08. The maximum Gasteiger partial charge on any atom is 0.225 e. The molecule has 0 spiro atoms. The van der Waals surface area contributed by atoms with Crippen LogP contribution < -0.4 is 16.0 Å². The van der Waals surface area contributed by atoms with E-state index in [1.54, 1.807) is 13.2 Å². The first-order valence-electron chi connectivity index (χ1n) is 6.14. The second-order valence-corrected chi connectivity index (χ2v) is 4.44. The van der Waals surface area contributed by atoms with Crippen LogP contribution in [0.2, 0.25) is 0 Å². The molecule has 1 aliphatic rings. The maximum absolute atomic E-state index is 5.96. The molecule has 3 N–H and O–H groups in total. The van der Waals surface area contributed by atoms with Crippen LogP contribution in [0.15, 0.2) is 12.3 Å². The molecule has 0 saturated carbocycles. The van der Waals surface area contributed by atoms with Gasteiger partial charge in [0.05, 0.1) is 11.7 Å². The summed E-state index contributed by atoms with van der Waals surface area (Å²) in [5, 5.41) is 3.76. The van der Waals surface area contributed by atoms with Gasteiger partial charge in [-0.1, -0.05) is 0 Å².